The SMILES string of the molecule is Cc1ccc(F)cc1NC(=O)c1ccc(Cn2cccn2)o1. The number of benzene rings is 1. The first-order valence-corrected chi connectivity index (χ1v) is 6.75. The molecule has 0 fully saturated rings. The molecule has 0 unspecified atom stereocenters. The molecule has 22 heavy (non-hydrogen) atoms. The van der Waals surface area contributed by atoms with E-state index in [1.54, 1.807) is 42.2 Å². The first kappa shape index (κ1) is 14.1. The Morgan fingerprint density at radius 1 is 1.36 bits per heavy atom. The lowest BCUT2D eigenvalue weighted by Gasteiger charge is -2.06. The second kappa shape index (κ2) is 5.85. The van der Waals surface area contributed by atoms with Gasteiger partial charge in [-0.15, -0.1) is 0 Å². The fourth-order valence-electron chi connectivity index (χ4n) is 2.05. The molecule has 2 heterocycles. The van der Waals surface area contributed by atoms with Crippen molar-refractivity contribution in [2.75, 3.05) is 5.32 Å². The maximum atomic E-state index is 13.2. The monoisotopic (exact) mass is 299 g/mol. The topological polar surface area (TPSA) is 60.1 Å². The first-order valence-electron chi connectivity index (χ1n) is 6.75. The molecule has 0 aliphatic rings. The first-order chi connectivity index (χ1) is 10.6. The summed E-state index contributed by atoms with van der Waals surface area (Å²) in [6, 6.07) is 9.35. The lowest BCUT2D eigenvalue weighted by molar-refractivity contribution is 0.0994. The third-order valence-electron chi connectivity index (χ3n) is 3.21. The van der Waals surface area contributed by atoms with Crippen molar-refractivity contribution in [1.82, 2.24) is 9.78 Å². The van der Waals surface area contributed by atoms with Gasteiger partial charge in [0.1, 0.15) is 11.6 Å². The summed E-state index contributed by atoms with van der Waals surface area (Å²) in [6.07, 6.45) is 3.47. The highest BCUT2D eigenvalue weighted by Crippen LogP contribution is 2.18. The van der Waals surface area contributed by atoms with Crippen LogP contribution in [0.3, 0.4) is 0 Å². The fourth-order valence-corrected chi connectivity index (χ4v) is 2.05. The smallest absolute Gasteiger partial charge is 0.291 e. The van der Waals surface area contributed by atoms with Crippen LogP contribution in [0.25, 0.3) is 0 Å². The van der Waals surface area contributed by atoms with Gasteiger partial charge in [0.15, 0.2) is 5.76 Å². The number of nitrogens with one attached hydrogen (secondary N) is 1. The van der Waals surface area contributed by atoms with Gasteiger partial charge in [0.05, 0.1) is 6.54 Å². The van der Waals surface area contributed by atoms with E-state index in [4.69, 9.17) is 4.42 Å². The Kier molecular flexibility index (Phi) is 3.74. The molecule has 1 N–H and O–H groups in total. The predicted molar refractivity (Wildman–Crippen MR) is 79.1 cm³/mol. The number of halogens is 1. The molecule has 1 aromatic carbocycles. The van der Waals surface area contributed by atoms with E-state index in [2.05, 4.69) is 10.4 Å². The maximum absolute atomic E-state index is 13.2. The Balaban J connectivity index is 1.72. The van der Waals surface area contributed by atoms with E-state index < -0.39 is 11.7 Å². The predicted octanol–water partition coefficient (Wildman–Crippen LogP) is 3.22. The van der Waals surface area contributed by atoms with Gasteiger partial charge in [-0.25, -0.2) is 4.39 Å². The Bertz CT molecular complexity index is 794. The molecule has 0 bridgehead atoms. The lowest BCUT2D eigenvalue weighted by Crippen LogP contribution is -2.12. The lowest BCUT2D eigenvalue weighted by atomic mass is 10.2. The van der Waals surface area contributed by atoms with Crippen molar-refractivity contribution < 1.29 is 13.6 Å². The number of aryl methyl sites for hydroxylation is 1. The summed E-state index contributed by atoms with van der Waals surface area (Å²) >= 11 is 0. The number of furan rings is 1. The molecule has 1 amide bonds. The summed E-state index contributed by atoms with van der Waals surface area (Å²) in [4.78, 5) is 12.1. The van der Waals surface area contributed by atoms with Crippen LogP contribution in [0.1, 0.15) is 21.9 Å². The molecule has 0 saturated carbocycles. The highest BCUT2D eigenvalue weighted by Gasteiger charge is 2.13. The number of carbonyl (C=O) groups excluding carboxylic acids is 1. The Labute approximate surface area is 126 Å². The van der Waals surface area contributed by atoms with Crippen LogP contribution in [0.4, 0.5) is 10.1 Å². The minimum absolute atomic E-state index is 0.172. The summed E-state index contributed by atoms with van der Waals surface area (Å²) in [5.74, 6) is -0.0317. The van der Waals surface area contributed by atoms with E-state index in [1.807, 2.05) is 6.07 Å². The second-order valence-electron chi connectivity index (χ2n) is 4.88. The van der Waals surface area contributed by atoms with Gasteiger partial charge in [0.25, 0.3) is 5.91 Å². The molecule has 112 valence electrons. The molecular weight excluding hydrogens is 285 g/mol. The van der Waals surface area contributed by atoms with E-state index in [0.717, 1.165) is 5.56 Å². The number of hydrogen-bond acceptors (Lipinski definition) is 3. The van der Waals surface area contributed by atoms with Gasteiger partial charge in [-0.05, 0) is 42.8 Å². The zero-order valence-corrected chi connectivity index (χ0v) is 11.9. The zero-order chi connectivity index (χ0) is 15.5. The third kappa shape index (κ3) is 3.06. The summed E-state index contributed by atoms with van der Waals surface area (Å²) in [5, 5.41) is 6.71. The number of rotatable bonds is 4. The highest BCUT2D eigenvalue weighted by atomic mass is 19.1. The van der Waals surface area contributed by atoms with Crippen LogP contribution in [-0.4, -0.2) is 15.7 Å². The van der Waals surface area contributed by atoms with Crippen molar-refractivity contribution >= 4 is 11.6 Å². The molecule has 0 radical (unpaired) electrons. The van der Waals surface area contributed by atoms with E-state index in [-0.39, 0.29) is 5.76 Å². The van der Waals surface area contributed by atoms with Gasteiger partial charge in [-0.2, -0.15) is 5.10 Å². The molecule has 0 atom stereocenters. The van der Waals surface area contributed by atoms with Crippen LogP contribution in [0.15, 0.2) is 53.2 Å². The average molecular weight is 299 g/mol. The van der Waals surface area contributed by atoms with Crippen LogP contribution in [-0.2, 0) is 6.54 Å². The minimum Gasteiger partial charge on any atom is -0.454 e. The molecule has 2 aromatic heterocycles. The van der Waals surface area contributed by atoms with Crippen molar-refractivity contribution in [2.45, 2.75) is 13.5 Å². The van der Waals surface area contributed by atoms with Gasteiger partial charge in [-0.1, -0.05) is 6.07 Å². The van der Waals surface area contributed by atoms with Gasteiger partial charge in [-0.3, -0.25) is 9.48 Å². The normalized spacial score (nSPS) is 10.6. The standard InChI is InChI=1S/C16H14FN3O2/c1-11-3-4-12(17)9-14(11)19-16(21)15-6-5-13(22-15)10-20-8-2-7-18-20/h2-9H,10H2,1H3,(H,19,21). The number of nitrogens with zero attached hydrogens (tertiary/aromatic N) is 2. The quantitative estimate of drug-likeness (QED) is 0.804. The Hall–Kier alpha value is -2.89. The Morgan fingerprint density at radius 3 is 3.00 bits per heavy atom. The average Bonchev–Trinajstić information content (AvgIpc) is 3.15. The van der Waals surface area contributed by atoms with Crippen LogP contribution >= 0.6 is 0 Å². The maximum Gasteiger partial charge on any atom is 0.291 e. The summed E-state index contributed by atoms with van der Waals surface area (Å²) in [6.45, 7) is 2.24. The van der Waals surface area contributed by atoms with E-state index >= 15 is 0 Å². The highest BCUT2D eigenvalue weighted by molar-refractivity contribution is 6.02. The van der Waals surface area contributed by atoms with Crippen molar-refractivity contribution in [3.8, 4) is 0 Å². The van der Waals surface area contributed by atoms with Gasteiger partial charge >= 0.3 is 0 Å². The molecular formula is C16H14FN3O2. The number of amides is 1. The fraction of sp³-hybridized carbons (Fsp3) is 0.125. The zero-order valence-electron chi connectivity index (χ0n) is 11.9. The molecule has 0 aliphatic carbocycles. The molecule has 0 spiro atoms. The van der Waals surface area contributed by atoms with Gasteiger partial charge in [0, 0.05) is 18.1 Å². The van der Waals surface area contributed by atoms with E-state index in [1.165, 1.54) is 12.1 Å². The summed E-state index contributed by atoms with van der Waals surface area (Å²) in [5.41, 5.74) is 1.20. The Morgan fingerprint density at radius 2 is 2.23 bits per heavy atom. The molecule has 0 saturated heterocycles. The van der Waals surface area contributed by atoms with Crippen molar-refractivity contribution in [3.05, 3.63) is 71.7 Å². The van der Waals surface area contributed by atoms with Gasteiger partial charge in [0.2, 0.25) is 0 Å². The second-order valence-corrected chi connectivity index (χ2v) is 4.88. The van der Waals surface area contributed by atoms with Crippen molar-refractivity contribution in [3.63, 3.8) is 0 Å². The van der Waals surface area contributed by atoms with Crippen LogP contribution in [0.2, 0.25) is 0 Å². The molecule has 5 nitrogen and oxygen atoms in total. The summed E-state index contributed by atoms with van der Waals surface area (Å²) in [7, 11) is 0. The van der Waals surface area contributed by atoms with Crippen molar-refractivity contribution in [2.24, 2.45) is 0 Å². The third-order valence-corrected chi connectivity index (χ3v) is 3.21. The number of anilines is 1. The number of aromatic nitrogens is 2. The molecule has 6 heteroatoms. The largest absolute Gasteiger partial charge is 0.454 e. The molecule has 3 rings (SSSR count). The van der Waals surface area contributed by atoms with Crippen LogP contribution in [0, 0.1) is 12.7 Å². The number of hydrogen-bond donors (Lipinski definition) is 1. The summed E-state index contributed by atoms with van der Waals surface area (Å²) < 4.78 is 20.4. The van der Waals surface area contributed by atoms with E-state index in [0.29, 0.717) is 18.0 Å². The van der Waals surface area contributed by atoms with Crippen molar-refractivity contribution in [1.29, 1.82) is 0 Å². The van der Waals surface area contributed by atoms with Crippen LogP contribution < -0.4 is 5.32 Å². The van der Waals surface area contributed by atoms with E-state index in [9.17, 15) is 9.18 Å². The molecule has 0 aliphatic heterocycles. The van der Waals surface area contributed by atoms with Crippen LogP contribution in [0.5, 0.6) is 0 Å². The minimum atomic E-state index is -0.416. The van der Waals surface area contributed by atoms with Gasteiger partial charge < -0.3 is 9.73 Å². The molecule has 3 aromatic rings. The number of carbonyl (C=O) groups is 1.